The van der Waals surface area contributed by atoms with Crippen LogP contribution in [0.1, 0.15) is 58.7 Å². The number of carbonyl (C=O) groups is 2. The summed E-state index contributed by atoms with van der Waals surface area (Å²) in [6, 6.07) is 17.8. The van der Waals surface area contributed by atoms with Crippen LogP contribution in [0.4, 0.5) is 0 Å². The Morgan fingerprint density at radius 1 is 1.12 bits per heavy atom. The fraction of sp³-hybridized carbons (Fsp3) is 0.333. The van der Waals surface area contributed by atoms with Gasteiger partial charge >= 0.3 is 0 Å². The molecule has 172 valence electrons. The Morgan fingerprint density at radius 2 is 1.85 bits per heavy atom. The summed E-state index contributed by atoms with van der Waals surface area (Å²) in [5, 5.41) is 2.11. The summed E-state index contributed by atoms with van der Waals surface area (Å²) < 4.78 is 0.842. The highest BCUT2D eigenvalue weighted by molar-refractivity contribution is 9.10. The molecule has 1 aliphatic rings. The Hall–Kier alpha value is -2.44. The van der Waals surface area contributed by atoms with Crippen molar-refractivity contribution in [3.05, 3.63) is 91.6 Å². The number of carbonyl (C=O) groups excluding carboxylic acids is 2. The SMILES string of the molecule is Cc1ccc(C2c3ccsc3CCN2C(=O)CN(C(=O)c2cccc(Br)c2)C(C)(C)C)cc1. The van der Waals surface area contributed by atoms with E-state index in [0.717, 1.165) is 16.5 Å². The fourth-order valence-corrected chi connectivity index (χ4v) is 5.61. The lowest BCUT2D eigenvalue weighted by atomic mass is 9.92. The molecule has 0 saturated carbocycles. The predicted octanol–water partition coefficient (Wildman–Crippen LogP) is 6.23. The maximum atomic E-state index is 13.8. The van der Waals surface area contributed by atoms with Crippen LogP contribution in [-0.4, -0.2) is 40.2 Å². The molecule has 3 aromatic rings. The molecule has 1 unspecified atom stereocenters. The van der Waals surface area contributed by atoms with E-state index in [9.17, 15) is 9.59 Å². The normalized spacial score (nSPS) is 15.8. The zero-order chi connectivity index (χ0) is 23.8. The highest BCUT2D eigenvalue weighted by Crippen LogP contribution is 2.38. The molecule has 0 fully saturated rings. The minimum atomic E-state index is -0.502. The second-order valence-electron chi connectivity index (χ2n) is 9.52. The van der Waals surface area contributed by atoms with Gasteiger partial charge in [0.2, 0.25) is 5.91 Å². The molecular weight excluding hydrogens is 496 g/mol. The Kier molecular flexibility index (Phi) is 6.78. The lowest BCUT2D eigenvalue weighted by Gasteiger charge is -2.40. The van der Waals surface area contributed by atoms with Gasteiger partial charge in [-0.15, -0.1) is 11.3 Å². The molecule has 4 nitrogen and oxygen atoms in total. The molecule has 1 aliphatic heterocycles. The third kappa shape index (κ3) is 5.07. The number of rotatable bonds is 4. The fourth-order valence-electron chi connectivity index (χ4n) is 4.31. The first kappa shape index (κ1) is 23.7. The molecule has 0 bridgehead atoms. The van der Waals surface area contributed by atoms with E-state index in [1.165, 1.54) is 16.0 Å². The Morgan fingerprint density at radius 3 is 2.52 bits per heavy atom. The van der Waals surface area contributed by atoms with Crippen molar-refractivity contribution in [3.63, 3.8) is 0 Å². The van der Waals surface area contributed by atoms with Gasteiger partial charge in [0.15, 0.2) is 0 Å². The zero-order valence-corrected chi connectivity index (χ0v) is 21.9. The molecule has 6 heteroatoms. The van der Waals surface area contributed by atoms with Crippen LogP contribution in [0.2, 0.25) is 0 Å². The number of amides is 2. The van der Waals surface area contributed by atoms with Crippen molar-refractivity contribution in [2.75, 3.05) is 13.1 Å². The average Bonchev–Trinajstić information content (AvgIpc) is 3.25. The molecule has 33 heavy (non-hydrogen) atoms. The lowest BCUT2D eigenvalue weighted by molar-refractivity contribution is -0.135. The number of nitrogens with zero attached hydrogens (tertiary/aromatic N) is 2. The Balaban J connectivity index is 1.65. The second-order valence-corrected chi connectivity index (χ2v) is 11.4. The Bertz CT molecular complexity index is 1160. The molecule has 0 N–H and O–H groups in total. The van der Waals surface area contributed by atoms with Gasteiger partial charge in [0, 0.05) is 27.0 Å². The summed E-state index contributed by atoms with van der Waals surface area (Å²) in [5.74, 6) is -0.173. The van der Waals surface area contributed by atoms with Gasteiger partial charge in [-0.1, -0.05) is 51.8 Å². The van der Waals surface area contributed by atoms with Gasteiger partial charge in [0.05, 0.1) is 6.04 Å². The quantitative estimate of drug-likeness (QED) is 0.405. The summed E-state index contributed by atoms with van der Waals surface area (Å²) in [6.45, 7) is 8.67. The first-order valence-electron chi connectivity index (χ1n) is 11.1. The van der Waals surface area contributed by atoms with E-state index in [-0.39, 0.29) is 24.4 Å². The molecule has 4 rings (SSSR count). The van der Waals surface area contributed by atoms with E-state index < -0.39 is 5.54 Å². The van der Waals surface area contributed by atoms with Crippen molar-refractivity contribution in [1.29, 1.82) is 0 Å². The largest absolute Gasteiger partial charge is 0.330 e. The summed E-state index contributed by atoms with van der Waals surface area (Å²) in [6.07, 6.45) is 0.843. The van der Waals surface area contributed by atoms with Crippen LogP contribution < -0.4 is 0 Å². The lowest BCUT2D eigenvalue weighted by Crippen LogP contribution is -2.52. The number of thiophene rings is 1. The number of hydrogen-bond acceptors (Lipinski definition) is 3. The molecular formula is C27H29BrN2O2S. The van der Waals surface area contributed by atoms with Crippen LogP contribution in [0.5, 0.6) is 0 Å². The molecule has 0 radical (unpaired) electrons. The first-order chi connectivity index (χ1) is 15.6. The second kappa shape index (κ2) is 9.43. The maximum absolute atomic E-state index is 13.8. The number of aryl methyl sites for hydroxylation is 1. The molecule has 0 aliphatic carbocycles. The van der Waals surface area contributed by atoms with E-state index in [4.69, 9.17) is 0 Å². The van der Waals surface area contributed by atoms with Crippen LogP contribution in [0, 0.1) is 6.92 Å². The van der Waals surface area contributed by atoms with Crippen molar-refractivity contribution in [1.82, 2.24) is 9.80 Å². The van der Waals surface area contributed by atoms with E-state index in [1.807, 2.05) is 37.8 Å². The minimum Gasteiger partial charge on any atom is -0.330 e. The third-order valence-electron chi connectivity index (χ3n) is 6.10. The molecule has 1 atom stereocenters. The van der Waals surface area contributed by atoms with Crippen molar-refractivity contribution in [3.8, 4) is 0 Å². The molecule has 2 aromatic carbocycles. The molecule has 0 saturated heterocycles. The smallest absolute Gasteiger partial charge is 0.254 e. The number of benzene rings is 2. The summed E-state index contributed by atoms with van der Waals surface area (Å²) in [7, 11) is 0. The average molecular weight is 526 g/mol. The van der Waals surface area contributed by atoms with Crippen LogP contribution >= 0.6 is 27.3 Å². The minimum absolute atomic E-state index is 0.0318. The highest BCUT2D eigenvalue weighted by Gasteiger charge is 2.36. The number of fused-ring (bicyclic) bond motifs is 1. The monoisotopic (exact) mass is 524 g/mol. The van der Waals surface area contributed by atoms with E-state index in [0.29, 0.717) is 12.1 Å². The third-order valence-corrected chi connectivity index (χ3v) is 7.59. The van der Waals surface area contributed by atoms with Crippen molar-refractivity contribution < 1.29 is 9.59 Å². The van der Waals surface area contributed by atoms with E-state index in [1.54, 1.807) is 28.4 Å². The molecule has 2 heterocycles. The summed E-state index contributed by atoms with van der Waals surface area (Å²) in [4.78, 5) is 32.2. The summed E-state index contributed by atoms with van der Waals surface area (Å²) >= 11 is 5.20. The molecule has 1 aromatic heterocycles. The van der Waals surface area contributed by atoms with Crippen molar-refractivity contribution >= 4 is 39.1 Å². The molecule has 2 amide bonds. The van der Waals surface area contributed by atoms with E-state index in [2.05, 4.69) is 58.6 Å². The van der Waals surface area contributed by atoms with Crippen LogP contribution in [0.15, 0.2) is 64.5 Å². The van der Waals surface area contributed by atoms with Gasteiger partial charge in [0.25, 0.3) is 5.91 Å². The van der Waals surface area contributed by atoms with Crippen LogP contribution in [-0.2, 0) is 11.2 Å². The Labute approximate surface area is 208 Å². The highest BCUT2D eigenvalue weighted by atomic mass is 79.9. The standard InChI is InChI=1S/C27H29BrN2O2S/c1-18-8-10-19(11-9-18)25-22-13-15-33-23(22)12-14-29(25)24(31)17-30(27(2,3)4)26(32)20-6-5-7-21(28)16-20/h5-11,13,15-16,25H,12,14,17H2,1-4H3. The zero-order valence-electron chi connectivity index (χ0n) is 19.5. The van der Waals surface area contributed by atoms with Gasteiger partial charge < -0.3 is 9.80 Å². The molecule has 0 spiro atoms. The number of hydrogen-bond donors (Lipinski definition) is 0. The van der Waals surface area contributed by atoms with Gasteiger partial charge in [0.1, 0.15) is 6.54 Å². The summed E-state index contributed by atoms with van der Waals surface area (Å²) in [5.41, 5.74) is 3.56. The number of halogens is 1. The first-order valence-corrected chi connectivity index (χ1v) is 12.8. The van der Waals surface area contributed by atoms with Crippen LogP contribution in [0.3, 0.4) is 0 Å². The van der Waals surface area contributed by atoms with Crippen molar-refractivity contribution in [2.24, 2.45) is 0 Å². The topological polar surface area (TPSA) is 40.6 Å². The van der Waals surface area contributed by atoms with E-state index >= 15 is 0 Å². The van der Waals surface area contributed by atoms with Crippen molar-refractivity contribution in [2.45, 2.75) is 45.7 Å². The predicted molar refractivity (Wildman–Crippen MR) is 138 cm³/mol. The van der Waals surface area contributed by atoms with Gasteiger partial charge in [-0.3, -0.25) is 9.59 Å². The van der Waals surface area contributed by atoms with Gasteiger partial charge in [-0.05, 0) is 74.9 Å². The maximum Gasteiger partial charge on any atom is 0.254 e. The van der Waals surface area contributed by atoms with Gasteiger partial charge in [-0.25, -0.2) is 0 Å². The van der Waals surface area contributed by atoms with Gasteiger partial charge in [-0.2, -0.15) is 0 Å². The van der Waals surface area contributed by atoms with Crippen LogP contribution in [0.25, 0.3) is 0 Å².